The molecular formula is C19H24N2O4. The second-order valence-corrected chi connectivity index (χ2v) is 7.85. The molecule has 2 heterocycles. The van der Waals surface area contributed by atoms with E-state index in [1.165, 1.54) is 0 Å². The van der Waals surface area contributed by atoms with Crippen molar-refractivity contribution in [1.29, 1.82) is 0 Å². The van der Waals surface area contributed by atoms with Crippen LogP contribution in [0, 0.1) is 5.92 Å². The van der Waals surface area contributed by atoms with E-state index in [9.17, 15) is 9.59 Å². The molecule has 0 radical (unpaired) electrons. The molecule has 1 aromatic carbocycles. The van der Waals surface area contributed by atoms with Gasteiger partial charge in [0.15, 0.2) is 11.5 Å². The maximum atomic E-state index is 12.5. The van der Waals surface area contributed by atoms with Crippen molar-refractivity contribution >= 4 is 11.8 Å². The first kappa shape index (κ1) is 16.2. The van der Waals surface area contributed by atoms with Gasteiger partial charge in [0.1, 0.15) is 0 Å². The number of carbonyl (C=O) groups is 2. The first-order valence-corrected chi connectivity index (χ1v) is 8.91. The predicted molar refractivity (Wildman–Crippen MR) is 91.4 cm³/mol. The van der Waals surface area contributed by atoms with Crippen molar-refractivity contribution in [3.8, 4) is 11.5 Å². The fourth-order valence-corrected chi connectivity index (χ4v) is 3.52. The van der Waals surface area contributed by atoms with Crippen LogP contribution in [0.4, 0.5) is 0 Å². The molecule has 2 fully saturated rings. The number of hydrogen-bond acceptors (Lipinski definition) is 4. The highest BCUT2D eigenvalue weighted by Crippen LogP contribution is 2.36. The molecule has 0 unspecified atom stereocenters. The molecule has 3 aliphatic rings. The molecular weight excluding hydrogens is 320 g/mol. The Balaban J connectivity index is 1.36. The first-order chi connectivity index (χ1) is 11.9. The molecule has 1 N–H and O–H groups in total. The average Bonchev–Trinajstić information content (AvgIpc) is 3.18. The van der Waals surface area contributed by atoms with E-state index in [0.29, 0.717) is 25.6 Å². The van der Waals surface area contributed by atoms with Gasteiger partial charge in [-0.3, -0.25) is 9.59 Å². The van der Waals surface area contributed by atoms with Gasteiger partial charge in [0, 0.05) is 31.0 Å². The minimum absolute atomic E-state index is 0.0229. The summed E-state index contributed by atoms with van der Waals surface area (Å²) in [6.45, 7) is 5.50. The molecule has 1 saturated carbocycles. The minimum Gasteiger partial charge on any atom is -0.454 e. The number of nitrogens with zero attached hydrogens (tertiary/aromatic N) is 1. The van der Waals surface area contributed by atoms with Gasteiger partial charge in [0.25, 0.3) is 0 Å². The van der Waals surface area contributed by atoms with Gasteiger partial charge in [-0.2, -0.15) is 0 Å². The van der Waals surface area contributed by atoms with Crippen LogP contribution in [0.2, 0.25) is 0 Å². The largest absolute Gasteiger partial charge is 0.454 e. The Labute approximate surface area is 147 Å². The number of ether oxygens (including phenoxy) is 2. The summed E-state index contributed by atoms with van der Waals surface area (Å²) in [5, 5.41) is 3.04. The number of benzene rings is 1. The Morgan fingerprint density at radius 1 is 1.28 bits per heavy atom. The summed E-state index contributed by atoms with van der Waals surface area (Å²) in [7, 11) is 0. The number of nitrogens with one attached hydrogen (secondary N) is 1. The topological polar surface area (TPSA) is 67.9 Å². The van der Waals surface area contributed by atoms with Gasteiger partial charge >= 0.3 is 0 Å². The Kier molecular flexibility index (Phi) is 3.85. The summed E-state index contributed by atoms with van der Waals surface area (Å²) in [4.78, 5) is 26.4. The predicted octanol–water partition coefficient (Wildman–Crippen LogP) is 1.82. The lowest BCUT2D eigenvalue weighted by molar-refractivity contribution is -0.129. The molecule has 0 spiro atoms. The van der Waals surface area contributed by atoms with Crippen LogP contribution < -0.4 is 14.8 Å². The van der Waals surface area contributed by atoms with Gasteiger partial charge in [-0.15, -0.1) is 0 Å². The monoisotopic (exact) mass is 344 g/mol. The van der Waals surface area contributed by atoms with Crippen molar-refractivity contribution in [2.75, 3.05) is 19.9 Å². The third kappa shape index (κ3) is 3.17. The Bertz CT molecular complexity index is 711. The molecule has 1 atom stereocenters. The summed E-state index contributed by atoms with van der Waals surface area (Å²) in [5.74, 6) is 1.38. The third-order valence-electron chi connectivity index (χ3n) is 5.38. The zero-order valence-electron chi connectivity index (χ0n) is 14.7. The molecule has 1 aromatic rings. The van der Waals surface area contributed by atoms with Gasteiger partial charge in [0.05, 0.1) is 5.92 Å². The quantitative estimate of drug-likeness (QED) is 0.885. The van der Waals surface area contributed by atoms with Crippen LogP contribution in [0.25, 0.3) is 0 Å². The van der Waals surface area contributed by atoms with Gasteiger partial charge in [-0.1, -0.05) is 19.9 Å². The highest BCUT2D eigenvalue weighted by atomic mass is 16.7. The van der Waals surface area contributed by atoms with E-state index in [0.717, 1.165) is 29.9 Å². The molecule has 1 aliphatic carbocycles. The number of carbonyl (C=O) groups excluding carboxylic acids is 2. The Morgan fingerprint density at radius 2 is 2.04 bits per heavy atom. The third-order valence-corrected chi connectivity index (χ3v) is 5.38. The van der Waals surface area contributed by atoms with Crippen molar-refractivity contribution in [3.63, 3.8) is 0 Å². The Morgan fingerprint density at radius 3 is 2.80 bits per heavy atom. The summed E-state index contributed by atoms with van der Waals surface area (Å²) >= 11 is 0. The van der Waals surface area contributed by atoms with Crippen LogP contribution >= 0.6 is 0 Å². The van der Waals surface area contributed by atoms with Crippen LogP contribution in [0.5, 0.6) is 11.5 Å². The van der Waals surface area contributed by atoms with Gasteiger partial charge < -0.3 is 19.7 Å². The second kappa shape index (κ2) is 5.93. The number of rotatable bonds is 5. The summed E-state index contributed by atoms with van der Waals surface area (Å²) in [6, 6.07) is 6.27. The van der Waals surface area contributed by atoms with E-state index < -0.39 is 0 Å². The summed E-state index contributed by atoms with van der Waals surface area (Å²) in [6.07, 6.45) is 2.50. The number of hydrogen-bond donors (Lipinski definition) is 1. The van der Waals surface area contributed by atoms with Gasteiger partial charge in [-0.25, -0.2) is 0 Å². The second-order valence-electron chi connectivity index (χ2n) is 7.85. The van der Waals surface area contributed by atoms with E-state index in [1.807, 2.05) is 23.1 Å². The minimum atomic E-state index is -0.241. The molecule has 2 aliphatic heterocycles. The molecule has 1 saturated heterocycles. The van der Waals surface area contributed by atoms with Gasteiger partial charge in [0.2, 0.25) is 18.6 Å². The van der Waals surface area contributed by atoms with Crippen molar-refractivity contribution < 1.29 is 19.1 Å². The van der Waals surface area contributed by atoms with Crippen LogP contribution in [0.1, 0.15) is 38.7 Å². The normalized spacial score (nSPS) is 22.4. The van der Waals surface area contributed by atoms with E-state index in [-0.39, 0.29) is 29.9 Å². The number of likely N-dealkylation sites (tertiary alicyclic amines) is 1. The van der Waals surface area contributed by atoms with Crippen LogP contribution in [0.3, 0.4) is 0 Å². The lowest BCUT2D eigenvalue weighted by atomic mass is 9.84. The van der Waals surface area contributed by atoms with E-state index in [2.05, 4.69) is 19.2 Å². The van der Waals surface area contributed by atoms with E-state index in [4.69, 9.17) is 9.47 Å². The van der Waals surface area contributed by atoms with Crippen LogP contribution in [-0.4, -0.2) is 42.6 Å². The lowest BCUT2D eigenvalue weighted by Gasteiger charge is -2.26. The smallest absolute Gasteiger partial charge is 0.231 e. The van der Waals surface area contributed by atoms with Crippen molar-refractivity contribution in [2.24, 2.45) is 5.92 Å². The standard InChI is InChI=1S/C19H24N2O4/c1-19(2,13-3-6-15-16(8-13)25-11-24-15)10-20-18(23)12-7-17(22)21(9-12)14-4-5-14/h3,6,8,12,14H,4-5,7,9-11H2,1-2H3,(H,20,23)/t12-/m1/s1. The SMILES string of the molecule is CC(C)(CNC(=O)[C@@H]1CC(=O)N(C2CC2)C1)c1ccc2c(c1)OCO2. The highest BCUT2D eigenvalue weighted by molar-refractivity contribution is 5.89. The maximum Gasteiger partial charge on any atom is 0.231 e. The average molecular weight is 344 g/mol. The van der Waals surface area contributed by atoms with E-state index in [1.54, 1.807) is 0 Å². The number of fused-ring (bicyclic) bond motifs is 1. The zero-order chi connectivity index (χ0) is 17.6. The molecule has 134 valence electrons. The number of amides is 2. The van der Waals surface area contributed by atoms with Crippen LogP contribution in [0.15, 0.2) is 18.2 Å². The lowest BCUT2D eigenvalue weighted by Crippen LogP contribution is -2.40. The molecule has 0 bridgehead atoms. The van der Waals surface area contributed by atoms with Crippen molar-refractivity contribution in [2.45, 2.75) is 44.6 Å². The van der Waals surface area contributed by atoms with Crippen molar-refractivity contribution in [1.82, 2.24) is 10.2 Å². The molecule has 6 nitrogen and oxygen atoms in total. The molecule has 25 heavy (non-hydrogen) atoms. The molecule has 4 rings (SSSR count). The summed E-state index contributed by atoms with van der Waals surface area (Å²) < 4.78 is 10.8. The van der Waals surface area contributed by atoms with Crippen molar-refractivity contribution in [3.05, 3.63) is 23.8 Å². The van der Waals surface area contributed by atoms with Gasteiger partial charge in [-0.05, 0) is 30.5 Å². The fourth-order valence-electron chi connectivity index (χ4n) is 3.52. The maximum absolute atomic E-state index is 12.5. The molecule has 0 aromatic heterocycles. The fraction of sp³-hybridized carbons (Fsp3) is 0.579. The molecule has 6 heteroatoms. The first-order valence-electron chi connectivity index (χ1n) is 8.91. The summed E-state index contributed by atoms with van der Waals surface area (Å²) in [5.41, 5.74) is 0.842. The zero-order valence-corrected chi connectivity index (χ0v) is 14.7. The Hall–Kier alpha value is -2.24. The molecule has 2 amide bonds. The highest BCUT2D eigenvalue weighted by Gasteiger charge is 2.41. The van der Waals surface area contributed by atoms with E-state index >= 15 is 0 Å². The van der Waals surface area contributed by atoms with Crippen LogP contribution in [-0.2, 0) is 15.0 Å².